The predicted octanol–water partition coefficient (Wildman–Crippen LogP) is 0.412. The lowest BCUT2D eigenvalue weighted by atomic mass is 10.1. The van der Waals surface area contributed by atoms with E-state index in [0.717, 1.165) is 32.2 Å². The summed E-state index contributed by atoms with van der Waals surface area (Å²) in [4.78, 5) is 17.7. The zero-order valence-electron chi connectivity index (χ0n) is 12.7. The number of carbonyl (C=O) groups is 1. The van der Waals surface area contributed by atoms with E-state index in [-0.39, 0.29) is 16.4 Å². The average molecular weight is 324 g/mol. The van der Waals surface area contributed by atoms with Crippen LogP contribution in [0.4, 0.5) is 5.69 Å². The van der Waals surface area contributed by atoms with Crippen molar-refractivity contribution in [2.75, 3.05) is 24.2 Å². The Kier molecular flexibility index (Phi) is 4.41. The number of sulfone groups is 1. The molecule has 0 unspecified atom stereocenters. The SMILES string of the molecule is Cc1cc(N2CCCC2)c(S(C)(=O)=O)cc1C(=O)N=C(N)N. The van der Waals surface area contributed by atoms with Crippen LogP contribution in [0.3, 0.4) is 0 Å². The maximum atomic E-state index is 12.1. The fourth-order valence-corrected chi connectivity index (χ4v) is 3.48. The quantitative estimate of drug-likeness (QED) is 0.614. The first kappa shape index (κ1) is 16.3. The van der Waals surface area contributed by atoms with Crippen LogP contribution in [-0.2, 0) is 9.84 Å². The molecule has 0 bridgehead atoms. The van der Waals surface area contributed by atoms with Crippen LogP contribution >= 0.6 is 0 Å². The van der Waals surface area contributed by atoms with Gasteiger partial charge in [0.25, 0.3) is 5.91 Å². The fraction of sp³-hybridized carbons (Fsp3) is 0.429. The second kappa shape index (κ2) is 5.96. The zero-order chi connectivity index (χ0) is 16.5. The minimum atomic E-state index is -3.48. The van der Waals surface area contributed by atoms with Crippen molar-refractivity contribution >= 4 is 27.4 Å². The summed E-state index contributed by atoms with van der Waals surface area (Å²) in [6, 6.07) is 3.09. The molecule has 1 heterocycles. The number of carbonyl (C=O) groups excluding carboxylic acids is 1. The number of aryl methyl sites for hydroxylation is 1. The van der Waals surface area contributed by atoms with Gasteiger partial charge in [-0.2, -0.15) is 4.99 Å². The van der Waals surface area contributed by atoms with Gasteiger partial charge in [-0.25, -0.2) is 8.42 Å². The second-order valence-electron chi connectivity index (χ2n) is 5.44. The van der Waals surface area contributed by atoms with Crippen LogP contribution in [0.25, 0.3) is 0 Å². The van der Waals surface area contributed by atoms with Crippen LogP contribution in [0.5, 0.6) is 0 Å². The number of hydrogen-bond acceptors (Lipinski definition) is 4. The molecule has 0 radical (unpaired) electrons. The number of amides is 1. The van der Waals surface area contributed by atoms with E-state index < -0.39 is 15.7 Å². The molecular weight excluding hydrogens is 304 g/mol. The highest BCUT2D eigenvalue weighted by atomic mass is 32.2. The Hall–Kier alpha value is -2.09. The van der Waals surface area contributed by atoms with E-state index in [9.17, 15) is 13.2 Å². The number of aliphatic imine (C=N–C) groups is 1. The zero-order valence-corrected chi connectivity index (χ0v) is 13.5. The van der Waals surface area contributed by atoms with Crippen molar-refractivity contribution in [3.8, 4) is 0 Å². The Morgan fingerprint density at radius 3 is 2.32 bits per heavy atom. The minimum absolute atomic E-state index is 0.133. The van der Waals surface area contributed by atoms with Crippen molar-refractivity contribution in [2.24, 2.45) is 16.5 Å². The lowest BCUT2D eigenvalue weighted by Gasteiger charge is -2.22. The van der Waals surface area contributed by atoms with Gasteiger partial charge in [0.15, 0.2) is 15.8 Å². The molecule has 120 valence electrons. The minimum Gasteiger partial charge on any atom is -0.370 e. The number of anilines is 1. The highest BCUT2D eigenvalue weighted by Crippen LogP contribution is 2.31. The third-order valence-electron chi connectivity index (χ3n) is 3.61. The summed E-state index contributed by atoms with van der Waals surface area (Å²) in [5.74, 6) is -0.996. The molecule has 0 aliphatic carbocycles. The maximum absolute atomic E-state index is 12.1. The van der Waals surface area contributed by atoms with E-state index in [1.54, 1.807) is 13.0 Å². The average Bonchev–Trinajstić information content (AvgIpc) is 2.89. The highest BCUT2D eigenvalue weighted by Gasteiger charge is 2.24. The number of rotatable bonds is 3. The van der Waals surface area contributed by atoms with Gasteiger partial charge in [-0.05, 0) is 37.5 Å². The van der Waals surface area contributed by atoms with Crippen molar-refractivity contribution in [1.29, 1.82) is 0 Å². The summed E-state index contributed by atoms with van der Waals surface area (Å²) in [5.41, 5.74) is 11.9. The van der Waals surface area contributed by atoms with E-state index in [1.165, 1.54) is 6.07 Å². The molecule has 7 nitrogen and oxygen atoms in total. The molecule has 1 aromatic carbocycles. The van der Waals surface area contributed by atoms with E-state index >= 15 is 0 Å². The summed E-state index contributed by atoms with van der Waals surface area (Å²) in [5, 5.41) is 0. The third-order valence-corrected chi connectivity index (χ3v) is 4.74. The molecule has 0 atom stereocenters. The normalized spacial score (nSPS) is 14.9. The predicted molar refractivity (Wildman–Crippen MR) is 85.9 cm³/mol. The van der Waals surface area contributed by atoms with Crippen molar-refractivity contribution in [1.82, 2.24) is 0 Å². The van der Waals surface area contributed by atoms with Crippen LogP contribution in [0, 0.1) is 6.92 Å². The monoisotopic (exact) mass is 324 g/mol. The molecule has 1 aliphatic rings. The van der Waals surface area contributed by atoms with Crippen molar-refractivity contribution in [2.45, 2.75) is 24.7 Å². The van der Waals surface area contributed by atoms with E-state index in [4.69, 9.17) is 11.5 Å². The van der Waals surface area contributed by atoms with Gasteiger partial charge in [0, 0.05) is 24.9 Å². The summed E-state index contributed by atoms with van der Waals surface area (Å²) in [6.07, 6.45) is 3.18. The summed E-state index contributed by atoms with van der Waals surface area (Å²) < 4.78 is 24.2. The molecule has 0 saturated carbocycles. The molecule has 1 aliphatic heterocycles. The molecular formula is C14H20N4O3S. The van der Waals surface area contributed by atoms with Crippen molar-refractivity contribution in [3.63, 3.8) is 0 Å². The molecule has 1 saturated heterocycles. The van der Waals surface area contributed by atoms with Gasteiger partial charge in [-0.3, -0.25) is 4.79 Å². The van der Waals surface area contributed by atoms with Crippen LogP contribution in [-0.4, -0.2) is 39.6 Å². The van der Waals surface area contributed by atoms with E-state index in [2.05, 4.69) is 4.99 Å². The topological polar surface area (TPSA) is 119 Å². The highest BCUT2D eigenvalue weighted by molar-refractivity contribution is 7.90. The summed E-state index contributed by atoms with van der Waals surface area (Å²) >= 11 is 0. The standard InChI is InChI=1S/C14H20N4O3S/c1-9-7-11(18-5-3-4-6-18)12(22(2,20)21)8-10(9)13(19)17-14(15)16/h7-8H,3-6H2,1-2H3,(H4,15,16,17,19). The molecule has 1 amide bonds. The summed E-state index contributed by atoms with van der Waals surface area (Å²) in [6.45, 7) is 3.35. The smallest absolute Gasteiger partial charge is 0.280 e. The van der Waals surface area contributed by atoms with Crippen molar-refractivity contribution in [3.05, 3.63) is 23.3 Å². The van der Waals surface area contributed by atoms with Gasteiger partial charge >= 0.3 is 0 Å². The van der Waals surface area contributed by atoms with E-state index in [1.807, 2.05) is 4.90 Å². The number of guanidine groups is 1. The van der Waals surface area contributed by atoms with E-state index in [0.29, 0.717) is 11.3 Å². The van der Waals surface area contributed by atoms with Gasteiger partial charge in [0.1, 0.15) is 0 Å². The fourth-order valence-electron chi connectivity index (χ4n) is 2.58. The van der Waals surface area contributed by atoms with Gasteiger partial charge in [-0.1, -0.05) is 0 Å². The molecule has 1 aromatic rings. The molecule has 0 spiro atoms. The van der Waals surface area contributed by atoms with Crippen LogP contribution in [0.15, 0.2) is 22.0 Å². The first-order valence-corrected chi connectivity index (χ1v) is 8.83. The Balaban J connectivity index is 2.61. The number of nitrogens with zero attached hydrogens (tertiary/aromatic N) is 2. The Morgan fingerprint density at radius 2 is 1.82 bits per heavy atom. The molecule has 1 fully saturated rings. The van der Waals surface area contributed by atoms with Crippen molar-refractivity contribution < 1.29 is 13.2 Å². The molecule has 4 N–H and O–H groups in total. The Morgan fingerprint density at radius 1 is 1.23 bits per heavy atom. The third kappa shape index (κ3) is 3.38. The van der Waals surface area contributed by atoms with Gasteiger partial charge in [-0.15, -0.1) is 0 Å². The number of nitrogens with two attached hydrogens (primary N) is 2. The van der Waals surface area contributed by atoms with Crippen LogP contribution in [0.1, 0.15) is 28.8 Å². The molecule has 0 aromatic heterocycles. The maximum Gasteiger partial charge on any atom is 0.280 e. The lowest BCUT2D eigenvalue weighted by molar-refractivity contribution is 0.100. The molecule has 8 heteroatoms. The van der Waals surface area contributed by atoms with Gasteiger partial charge in [0.05, 0.1) is 10.6 Å². The number of hydrogen-bond donors (Lipinski definition) is 2. The van der Waals surface area contributed by atoms with Gasteiger partial charge in [0.2, 0.25) is 0 Å². The van der Waals surface area contributed by atoms with Gasteiger partial charge < -0.3 is 16.4 Å². The summed E-state index contributed by atoms with van der Waals surface area (Å²) in [7, 11) is -3.48. The van der Waals surface area contributed by atoms with Crippen LogP contribution < -0.4 is 16.4 Å². The molecule has 22 heavy (non-hydrogen) atoms. The van der Waals surface area contributed by atoms with Crippen LogP contribution in [0.2, 0.25) is 0 Å². The largest absolute Gasteiger partial charge is 0.370 e. The molecule has 2 rings (SSSR count). The lowest BCUT2D eigenvalue weighted by Crippen LogP contribution is -2.25. The Labute approximate surface area is 129 Å². The number of benzene rings is 1. The first-order valence-electron chi connectivity index (χ1n) is 6.94. The first-order chi connectivity index (χ1) is 10.2. The Bertz CT molecular complexity index is 731. The second-order valence-corrected chi connectivity index (χ2v) is 7.43.